The summed E-state index contributed by atoms with van der Waals surface area (Å²) in [5.41, 5.74) is 1.68. The highest BCUT2D eigenvalue weighted by molar-refractivity contribution is 6.00. The van der Waals surface area contributed by atoms with Gasteiger partial charge in [0.05, 0.1) is 11.8 Å². The fourth-order valence-corrected chi connectivity index (χ4v) is 12.7. The van der Waals surface area contributed by atoms with Crippen molar-refractivity contribution in [3.63, 3.8) is 0 Å². The zero-order valence-corrected chi connectivity index (χ0v) is 32.6. The van der Waals surface area contributed by atoms with Crippen molar-refractivity contribution in [2.45, 2.75) is 132 Å². The van der Waals surface area contributed by atoms with Gasteiger partial charge in [-0.05, 0) is 130 Å². The second-order valence-corrected chi connectivity index (χ2v) is 19.2. The molecule has 4 fully saturated rings. The molecule has 1 aromatic heterocycles. The Bertz CT molecular complexity index is 1600. The number of pyridine rings is 1. The van der Waals surface area contributed by atoms with Crippen molar-refractivity contribution in [3.05, 3.63) is 41.2 Å². The molecule has 1 amide bonds. The number of carboxylic acid groups (broad SMARTS) is 1. The Labute approximate surface area is 305 Å². The zero-order chi connectivity index (χ0) is 37.3. The second kappa shape index (κ2) is 13.1. The number of hydrogen-bond donors (Lipinski definition) is 1. The molecule has 8 heteroatoms. The Hall–Kier alpha value is -3.03. The number of carbonyl (C=O) groups excluding carboxylic acids is 3. The lowest BCUT2D eigenvalue weighted by atomic mass is 9.36. The van der Waals surface area contributed by atoms with E-state index in [0.717, 1.165) is 63.4 Å². The number of allylic oxidation sites excluding steroid dienone is 2. The lowest BCUT2D eigenvalue weighted by Gasteiger charge is -2.69. The highest BCUT2D eigenvalue weighted by Gasteiger charge is 2.66. The fraction of sp³-hybridized carbons (Fsp3) is 0.744. The van der Waals surface area contributed by atoms with Crippen molar-refractivity contribution in [2.75, 3.05) is 13.6 Å². The number of aliphatic carboxylic acids is 1. The van der Waals surface area contributed by atoms with Crippen LogP contribution in [0.3, 0.4) is 0 Å². The molecular weight excluding hydrogens is 640 g/mol. The Balaban J connectivity index is 1.23. The number of nitrogens with zero attached hydrogens (tertiary/aromatic N) is 2. The number of amides is 1. The van der Waals surface area contributed by atoms with Crippen LogP contribution in [-0.4, -0.2) is 58.3 Å². The number of Topliss-reactive ketones (excluding diaryl/α,β-unsaturated/α-hetero) is 1. The highest BCUT2D eigenvalue weighted by Crippen LogP contribution is 2.73. The van der Waals surface area contributed by atoms with Crippen LogP contribution in [0, 0.1) is 56.7 Å². The SMILES string of the molecule is CC(C)C1=C2C3CCC4C(C)(CCC5C(C)(C)C(OC(=O)CC(C)(C)C(=O)O)CCC54C)C3CCC2(CCN(C)C(=O)c2ccccn2)CC1=O. The summed E-state index contributed by atoms with van der Waals surface area (Å²) in [6.45, 7) is 17.8. The summed E-state index contributed by atoms with van der Waals surface area (Å²) in [6.07, 6.45) is 11.0. The predicted molar refractivity (Wildman–Crippen MR) is 197 cm³/mol. The van der Waals surface area contributed by atoms with Crippen molar-refractivity contribution in [2.24, 2.45) is 56.7 Å². The zero-order valence-electron chi connectivity index (χ0n) is 32.6. The Morgan fingerprint density at radius 3 is 2.33 bits per heavy atom. The van der Waals surface area contributed by atoms with E-state index in [9.17, 15) is 24.3 Å². The van der Waals surface area contributed by atoms with E-state index in [2.05, 4.69) is 46.5 Å². The number of rotatable bonds is 9. The molecule has 0 saturated heterocycles. The fourth-order valence-electron chi connectivity index (χ4n) is 12.7. The molecule has 8 atom stereocenters. The van der Waals surface area contributed by atoms with Crippen LogP contribution in [0.4, 0.5) is 0 Å². The molecule has 280 valence electrons. The van der Waals surface area contributed by atoms with Gasteiger partial charge in [0.25, 0.3) is 5.91 Å². The van der Waals surface area contributed by atoms with E-state index < -0.39 is 17.4 Å². The minimum atomic E-state index is -1.16. The number of carboxylic acids is 1. The number of ketones is 1. The van der Waals surface area contributed by atoms with Gasteiger partial charge in [-0.3, -0.25) is 24.2 Å². The normalized spacial score (nSPS) is 35.7. The van der Waals surface area contributed by atoms with Gasteiger partial charge in [-0.15, -0.1) is 0 Å². The van der Waals surface area contributed by atoms with Gasteiger partial charge in [0, 0.05) is 37.0 Å². The summed E-state index contributed by atoms with van der Waals surface area (Å²) in [5, 5.41) is 9.59. The van der Waals surface area contributed by atoms with E-state index >= 15 is 0 Å². The summed E-state index contributed by atoms with van der Waals surface area (Å²) >= 11 is 0. The van der Waals surface area contributed by atoms with Crippen LogP contribution < -0.4 is 0 Å². The monoisotopic (exact) mass is 702 g/mol. The summed E-state index contributed by atoms with van der Waals surface area (Å²) in [4.78, 5) is 58.0. The van der Waals surface area contributed by atoms with Gasteiger partial charge in [0.2, 0.25) is 0 Å². The summed E-state index contributed by atoms with van der Waals surface area (Å²) in [5.74, 6) is 0.873. The molecule has 0 bridgehead atoms. The molecule has 5 aliphatic rings. The topological polar surface area (TPSA) is 114 Å². The van der Waals surface area contributed by atoms with Gasteiger partial charge in [-0.25, -0.2) is 0 Å². The number of carbonyl (C=O) groups is 4. The second-order valence-electron chi connectivity index (χ2n) is 19.2. The highest BCUT2D eigenvalue weighted by atomic mass is 16.5. The maximum atomic E-state index is 13.9. The van der Waals surface area contributed by atoms with E-state index in [1.807, 2.05) is 19.2 Å². The third-order valence-corrected chi connectivity index (χ3v) is 15.3. The molecule has 8 nitrogen and oxygen atoms in total. The van der Waals surface area contributed by atoms with Crippen LogP contribution in [0.25, 0.3) is 0 Å². The van der Waals surface area contributed by atoms with Crippen LogP contribution >= 0.6 is 0 Å². The van der Waals surface area contributed by atoms with E-state index in [0.29, 0.717) is 48.1 Å². The molecule has 0 aliphatic heterocycles. The maximum Gasteiger partial charge on any atom is 0.309 e. The van der Waals surface area contributed by atoms with Crippen molar-refractivity contribution < 1.29 is 29.0 Å². The van der Waals surface area contributed by atoms with Crippen molar-refractivity contribution in [3.8, 4) is 0 Å². The van der Waals surface area contributed by atoms with E-state index in [4.69, 9.17) is 4.74 Å². The molecule has 6 rings (SSSR count). The average Bonchev–Trinajstić information content (AvgIpc) is 3.37. The van der Waals surface area contributed by atoms with Crippen molar-refractivity contribution >= 4 is 23.6 Å². The summed E-state index contributed by atoms with van der Waals surface area (Å²) in [7, 11) is 1.86. The summed E-state index contributed by atoms with van der Waals surface area (Å²) in [6, 6.07) is 5.43. The number of ether oxygens (including phenoxy) is 1. The largest absolute Gasteiger partial charge is 0.481 e. The minimum absolute atomic E-state index is 0.0749. The van der Waals surface area contributed by atoms with Crippen LogP contribution in [0.5, 0.6) is 0 Å². The first-order valence-electron chi connectivity index (χ1n) is 19.7. The van der Waals surface area contributed by atoms with Crippen molar-refractivity contribution in [1.29, 1.82) is 0 Å². The van der Waals surface area contributed by atoms with Crippen LogP contribution in [0.15, 0.2) is 35.5 Å². The predicted octanol–water partition coefficient (Wildman–Crippen LogP) is 8.55. The molecule has 1 aromatic rings. The molecule has 1 N–H and O–H groups in total. The quantitative estimate of drug-likeness (QED) is 0.257. The third-order valence-electron chi connectivity index (χ3n) is 15.3. The molecular formula is C43H62N2O6. The first-order chi connectivity index (χ1) is 23.8. The molecule has 8 unspecified atom stereocenters. The van der Waals surface area contributed by atoms with E-state index in [1.54, 1.807) is 31.0 Å². The smallest absolute Gasteiger partial charge is 0.309 e. The van der Waals surface area contributed by atoms with Crippen LogP contribution in [-0.2, 0) is 19.1 Å². The molecule has 51 heavy (non-hydrogen) atoms. The Morgan fingerprint density at radius 1 is 0.980 bits per heavy atom. The third kappa shape index (κ3) is 6.18. The first-order valence-corrected chi connectivity index (χ1v) is 19.7. The lowest BCUT2D eigenvalue weighted by Crippen LogP contribution is -2.63. The Morgan fingerprint density at radius 2 is 1.69 bits per heavy atom. The number of fused-ring (bicyclic) bond motifs is 7. The van der Waals surface area contributed by atoms with E-state index in [1.165, 1.54) is 5.57 Å². The van der Waals surface area contributed by atoms with Crippen LogP contribution in [0.2, 0.25) is 0 Å². The van der Waals surface area contributed by atoms with Gasteiger partial charge in [0.1, 0.15) is 11.8 Å². The molecule has 5 aliphatic carbocycles. The van der Waals surface area contributed by atoms with E-state index in [-0.39, 0.29) is 46.0 Å². The average molecular weight is 703 g/mol. The standard InChI is InChI=1S/C43H62N2O6/c1-26(2)35-30(46)24-43(21-23-45(9)37(48)29-12-10-11-22-44-29)20-15-28-27(36(35)43)13-14-32-41(28,7)18-16-31-40(5,6)33(17-19-42(31,32)8)51-34(47)25-39(3,4)38(49)50/h10-12,22,26-28,31-33H,13-21,23-25H2,1-9H3,(H,49,50). The van der Waals surface area contributed by atoms with Gasteiger partial charge in [0.15, 0.2) is 5.78 Å². The number of aromatic nitrogens is 1. The summed E-state index contributed by atoms with van der Waals surface area (Å²) < 4.78 is 6.15. The van der Waals surface area contributed by atoms with Gasteiger partial charge >= 0.3 is 11.9 Å². The van der Waals surface area contributed by atoms with Gasteiger partial charge in [-0.1, -0.05) is 53.2 Å². The number of esters is 1. The maximum absolute atomic E-state index is 13.9. The van der Waals surface area contributed by atoms with Crippen LogP contribution in [0.1, 0.15) is 137 Å². The lowest BCUT2D eigenvalue weighted by molar-refractivity contribution is -0.213. The first kappa shape index (κ1) is 37.7. The van der Waals surface area contributed by atoms with Gasteiger partial charge in [-0.2, -0.15) is 0 Å². The minimum Gasteiger partial charge on any atom is -0.481 e. The van der Waals surface area contributed by atoms with Crippen molar-refractivity contribution in [1.82, 2.24) is 9.88 Å². The molecule has 1 heterocycles. The molecule has 0 spiro atoms. The Kier molecular flexibility index (Phi) is 9.71. The molecule has 0 radical (unpaired) electrons. The molecule has 4 saturated carbocycles. The number of hydrogen-bond acceptors (Lipinski definition) is 6. The van der Waals surface area contributed by atoms with Gasteiger partial charge < -0.3 is 14.7 Å². The molecule has 0 aromatic carbocycles.